The first-order valence-electron chi connectivity index (χ1n) is 5.37. The molecule has 5 heteroatoms. The summed E-state index contributed by atoms with van der Waals surface area (Å²) in [4.78, 5) is 8.44. The topological polar surface area (TPSA) is 35.0 Å². The Bertz CT molecular complexity index is 579. The van der Waals surface area contributed by atoms with Gasteiger partial charge in [-0.25, -0.2) is 14.4 Å². The van der Waals surface area contributed by atoms with Crippen molar-refractivity contribution in [2.24, 2.45) is 0 Å². The van der Waals surface area contributed by atoms with E-state index in [0.717, 1.165) is 11.3 Å². The summed E-state index contributed by atoms with van der Waals surface area (Å²) in [7, 11) is 1.42. The molecule has 0 unspecified atom stereocenters. The van der Waals surface area contributed by atoms with E-state index in [9.17, 15) is 4.39 Å². The Morgan fingerprint density at radius 1 is 1.22 bits per heavy atom. The Labute approximate surface area is 110 Å². The van der Waals surface area contributed by atoms with E-state index in [0.29, 0.717) is 16.5 Å². The van der Waals surface area contributed by atoms with Gasteiger partial charge in [-0.05, 0) is 32.0 Å². The van der Waals surface area contributed by atoms with E-state index in [2.05, 4.69) is 9.97 Å². The number of benzene rings is 1. The lowest BCUT2D eigenvalue weighted by molar-refractivity contribution is 0.386. The van der Waals surface area contributed by atoms with Crippen molar-refractivity contribution in [3.05, 3.63) is 40.4 Å². The maximum atomic E-state index is 13.6. The Morgan fingerprint density at radius 3 is 2.50 bits per heavy atom. The van der Waals surface area contributed by atoms with Crippen molar-refractivity contribution in [1.29, 1.82) is 0 Å². The molecule has 0 saturated heterocycles. The fourth-order valence-electron chi connectivity index (χ4n) is 1.53. The van der Waals surface area contributed by atoms with Crippen LogP contribution in [0, 0.1) is 19.7 Å². The molecular formula is C13H12ClFN2O. The van der Waals surface area contributed by atoms with E-state index >= 15 is 0 Å². The van der Waals surface area contributed by atoms with Gasteiger partial charge < -0.3 is 4.74 Å². The average Bonchev–Trinajstić information content (AvgIpc) is 2.35. The first kappa shape index (κ1) is 12.8. The molecule has 0 saturated carbocycles. The van der Waals surface area contributed by atoms with Gasteiger partial charge in [0.15, 0.2) is 17.4 Å². The number of halogens is 2. The largest absolute Gasteiger partial charge is 0.494 e. The molecule has 0 fully saturated rings. The fourth-order valence-corrected chi connectivity index (χ4v) is 1.75. The van der Waals surface area contributed by atoms with Crippen LogP contribution in [0.2, 0.25) is 5.15 Å². The zero-order chi connectivity index (χ0) is 13.3. The van der Waals surface area contributed by atoms with E-state index in [4.69, 9.17) is 16.3 Å². The predicted octanol–water partition coefficient (Wildman–Crippen LogP) is 3.56. The van der Waals surface area contributed by atoms with Gasteiger partial charge in [0.1, 0.15) is 5.15 Å². The molecule has 94 valence electrons. The van der Waals surface area contributed by atoms with Crippen molar-refractivity contribution in [1.82, 2.24) is 9.97 Å². The highest BCUT2D eigenvalue weighted by Crippen LogP contribution is 2.25. The first-order chi connectivity index (χ1) is 8.52. The van der Waals surface area contributed by atoms with Crippen LogP contribution in [0.15, 0.2) is 18.2 Å². The van der Waals surface area contributed by atoms with Crippen LogP contribution < -0.4 is 4.74 Å². The quantitative estimate of drug-likeness (QED) is 0.780. The van der Waals surface area contributed by atoms with Crippen LogP contribution in [0.5, 0.6) is 5.75 Å². The molecule has 0 radical (unpaired) electrons. The molecule has 3 nitrogen and oxygen atoms in total. The van der Waals surface area contributed by atoms with Gasteiger partial charge in [-0.3, -0.25) is 0 Å². The highest BCUT2D eigenvalue weighted by Gasteiger charge is 2.10. The van der Waals surface area contributed by atoms with E-state index in [1.807, 2.05) is 13.8 Å². The van der Waals surface area contributed by atoms with Gasteiger partial charge in [-0.15, -0.1) is 0 Å². The van der Waals surface area contributed by atoms with E-state index in [1.54, 1.807) is 6.07 Å². The van der Waals surface area contributed by atoms with Gasteiger partial charge in [-0.2, -0.15) is 0 Å². The van der Waals surface area contributed by atoms with E-state index in [1.165, 1.54) is 19.2 Å². The van der Waals surface area contributed by atoms with Gasteiger partial charge in [0.05, 0.1) is 7.11 Å². The minimum atomic E-state index is -0.451. The third-order valence-corrected chi connectivity index (χ3v) is 3.11. The zero-order valence-corrected chi connectivity index (χ0v) is 11.0. The molecule has 2 rings (SSSR count). The van der Waals surface area contributed by atoms with Crippen LogP contribution in [-0.4, -0.2) is 17.1 Å². The van der Waals surface area contributed by atoms with Gasteiger partial charge in [0.2, 0.25) is 0 Å². The minimum absolute atomic E-state index is 0.189. The molecule has 0 spiro atoms. The van der Waals surface area contributed by atoms with Crippen molar-refractivity contribution in [2.45, 2.75) is 13.8 Å². The Hall–Kier alpha value is -1.68. The van der Waals surface area contributed by atoms with Crippen molar-refractivity contribution >= 4 is 11.6 Å². The van der Waals surface area contributed by atoms with Crippen LogP contribution in [0.1, 0.15) is 11.3 Å². The smallest absolute Gasteiger partial charge is 0.165 e. The fraction of sp³-hybridized carbons (Fsp3) is 0.231. The maximum Gasteiger partial charge on any atom is 0.165 e. The van der Waals surface area contributed by atoms with Crippen LogP contribution in [-0.2, 0) is 0 Å². The van der Waals surface area contributed by atoms with Crippen LogP contribution >= 0.6 is 11.6 Å². The summed E-state index contributed by atoms with van der Waals surface area (Å²) >= 11 is 6.00. The van der Waals surface area contributed by atoms with Gasteiger partial charge >= 0.3 is 0 Å². The Balaban J connectivity index is 2.52. The van der Waals surface area contributed by atoms with Crippen molar-refractivity contribution in [3.63, 3.8) is 0 Å². The highest BCUT2D eigenvalue weighted by atomic mass is 35.5. The number of nitrogens with zero attached hydrogens (tertiary/aromatic N) is 2. The summed E-state index contributed by atoms with van der Waals surface area (Å²) in [6.45, 7) is 3.68. The second-order valence-corrected chi connectivity index (χ2v) is 4.26. The molecule has 1 heterocycles. The highest BCUT2D eigenvalue weighted by molar-refractivity contribution is 6.30. The molecular weight excluding hydrogens is 255 g/mol. The summed E-state index contributed by atoms with van der Waals surface area (Å²) in [6.07, 6.45) is 0. The molecule has 1 aromatic heterocycles. The summed E-state index contributed by atoms with van der Waals surface area (Å²) < 4.78 is 18.5. The van der Waals surface area contributed by atoms with Gasteiger partial charge in [-0.1, -0.05) is 11.6 Å². The van der Waals surface area contributed by atoms with Crippen molar-refractivity contribution in [2.75, 3.05) is 7.11 Å². The lowest BCUT2D eigenvalue weighted by Crippen LogP contribution is -1.97. The van der Waals surface area contributed by atoms with Crippen LogP contribution in [0.25, 0.3) is 11.4 Å². The monoisotopic (exact) mass is 266 g/mol. The molecule has 0 amide bonds. The zero-order valence-electron chi connectivity index (χ0n) is 10.3. The molecule has 0 N–H and O–H groups in total. The first-order valence-corrected chi connectivity index (χ1v) is 5.75. The lowest BCUT2D eigenvalue weighted by atomic mass is 10.2. The summed E-state index contributed by atoms with van der Waals surface area (Å²) in [6, 6.07) is 4.57. The molecule has 18 heavy (non-hydrogen) atoms. The average molecular weight is 267 g/mol. The standard InChI is InChI=1S/C13H12ClFN2O/c1-7-8(2)16-13(17-12(7)14)9-4-5-11(18-3)10(15)6-9/h4-6H,1-3H3. The van der Waals surface area contributed by atoms with Crippen LogP contribution in [0.4, 0.5) is 4.39 Å². The van der Waals surface area contributed by atoms with Crippen molar-refractivity contribution < 1.29 is 9.13 Å². The molecule has 0 atom stereocenters. The number of aryl methyl sites for hydroxylation is 1. The number of methoxy groups -OCH3 is 1. The number of hydrogen-bond donors (Lipinski definition) is 0. The summed E-state index contributed by atoms with van der Waals surface area (Å²) in [5.74, 6) is 0.145. The summed E-state index contributed by atoms with van der Waals surface area (Å²) in [5, 5.41) is 0.383. The minimum Gasteiger partial charge on any atom is -0.494 e. The van der Waals surface area contributed by atoms with Crippen molar-refractivity contribution in [3.8, 4) is 17.1 Å². The number of hydrogen-bond acceptors (Lipinski definition) is 3. The summed E-state index contributed by atoms with van der Waals surface area (Å²) in [5.41, 5.74) is 2.17. The second-order valence-electron chi connectivity index (χ2n) is 3.90. The van der Waals surface area contributed by atoms with Gasteiger partial charge in [0.25, 0.3) is 0 Å². The second kappa shape index (κ2) is 4.90. The molecule has 1 aromatic carbocycles. The SMILES string of the molecule is COc1ccc(-c2nc(C)c(C)c(Cl)n2)cc1F. The maximum absolute atomic E-state index is 13.6. The van der Waals surface area contributed by atoms with E-state index < -0.39 is 5.82 Å². The molecule has 0 bridgehead atoms. The molecule has 0 aliphatic carbocycles. The number of ether oxygens (including phenoxy) is 1. The lowest BCUT2D eigenvalue weighted by Gasteiger charge is -2.07. The predicted molar refractivity (Wildman–Crippen MR) is 68.5 cm³/mol. The molecule has 2 aromatic rings. The number of aromatic nitrogens is 2. The molecule has 0 aliphatic heterocycles. The van der Waals surface area contributed by atoms with E-state index in [-0.39, 0.29) is 5.75 Å². The third-order valence-electron chi connectivity index (χ3n) is 2.74. The van der Waals surface area contributed by atoms with Crippen LogP contribution in [0.3, 0.4) is 0 Å². The third kappa shape index (κ3) is 2.29. The Kier molecular flexibility index (Phi) is 3.48. The normalized spacial score (nSPS) is 10.5. The number of rotatable bonds is 2. The molecule has 0 aliphatic rings. The van der Waals surface area contributed by atoms with Gasteiger partial charge in [0, 0.05) is 16.8 Å². The Morgan fingerprint density at radius 2 is 1.94 bits per heavy atom.